The van der Waals surface area contributed by atoms with E-state index in [1.165, 1.54) is 0 Å². The Bertz CT molecular complexity index is 95.3. The number of rotatable bonds is 2. The molecular weight excluding hydrogens is 246 g/mol. The number of alkyl halides is 2. The van der Waals surface area contributed by atoms with Crippen LogP contribution >= 0.6 is 31.9 Å². The van der Waals surface area contributed by atoms with Crippen molar-refractivity contribution in [2.24, 2.45) is 0 Å². The van der Waals surface area contributed by atoms with Crippen molar-refractivity contribution in [3.8, 4) is 0 Å². The Morgan fingerprint density at radius 3 is 2.00 bits per heavy atom. The molecule has 4 nitrogen and oxygen atoms in total. The molecule has 0 aromatic rings. The Hall–Kier alpha value is 0.320. The van der Waals surface area contributed by atoms with E-state index < -0.39 is 14.9 Å². The molecule has 8 heavy (non-hydrogen) atoms. The summed E-state index contributed by atoms with van der Waals surface area (Å²) in [5.74, 6) is 0. The van der Waals surface area contributed by atoms with E-state index >= 15 is 0 Å². The molecule has 0 aromatic carbocycles. The third-order valence-electron chi connectivity index (χ3n) is 0.441. The van der Waals surface area contributed by atoms with Gasteiger partial charge in [0.2, 0.25) is 0 Å². The van der Waals surface area contributed by atoms with Crippen LogP contribution in [0.1, 0.15) is 0 Å². The first kappa shape index (κ1) is 8.32. The van der Waals surface area contributed by atoms with E-state index in [1.807, 2.05) is 0 Å². The molecule has 0 aromatic heterocycles. The standard InChI is InChI=1S/C2H3Br2NO3/c3-1(4)2(6)5(7)8/h1-2,6H. The first-order chi connectivity index (χ1) is 3.55. The molecule has 0 fully saturated rings. The second-order valence-electron chi connectivity index (χ2n) is 1.03. The van der Waals surface area contributed by atoms with Gasteiger partial charge in [0.1, 0.15) is 0 Å². The first-order valence-corrected chi connectivity index (χ1v) is 3.48. The predicted octanol–water partition coefficient (Wildman–Crippen LogP) is 0.697. The van der Waals surface area contributed by atoms with E-state index in [9.17, 15) is 10.1 Å². The zero-order valence-electron chi connectivity index (χ0n) is 3.62. The van der Waals surface area contributed by atoms with Crippen LogP contribution in [0.25, 0.3) is 0 Å². The van der Waals surface area contributed by atoms with Gasteiger partial charge >= 0.3 is 6.23 Å². The minimum atomic E-state index is -1.57. The number of hydrogen-bond acceptors (Lipinski definition) is 3. The average Bonchev–Trinajstić information content (AvgIpc) is 1.64. The molecule has 0 aliphatic rings. The van der Waals surface area contributed by atoms with Crippen LogP contribution < -0.4 is 0 Å². The molecule has 0 heterocycles. The molecule has 48 valence electrons. The molecule has 1 unspecified atom stereocenters. The van der Waals surface area contributed by atoms with Gasteiger partial charge in [-0.2, -0.15) is 0 Å². The summed E-state index contributed by atoms with van der Waals surface area (Å²) in [5, 5.41) is 18.0. The number of nitrogens with zero attached hydrogens (tertiary/aromatic N) is 1. The SMILES string of the molecule is O=[N+]([O-])C(O)C(Br)Br. The Labute approximate surface area is 62.3 Å². The van der Waals surface area contributed by atoms with Crippen LogP contribution in [-0.4, -0.2) is 20.0 Å². The maximum atomic E-state index is 9.64. The van der Waals surface area contributed by atoms with Gasteiger partial charge in [-0.05, 0) is 0 Å². The van der Waals surface area contributed by atoms with Crippen molar-refractivity contribution in [1.82, 2.24) is 0 Å². The quantitative estimate of drug-likeness (QED) is 0.339. The van der Waals surface area contributed by atoms with Crippen molar-refractivity contribution >= 4 is 31.9 Å². The van der Waals surface area contributed by atoms with E-state index in [4.69, 9.17) is 5.11 Å². The molecule has 1 atom stereocenters. The van der Waals surface area contributed by atoms with E-state index in [1.54, 1.807) is 0 Å². The average molecular weight is 249 g/mol. The zero-order valence-corrected chi connectivity index (χ0v) is 6.79. The summed E-state index contributed by atoms with van der Waals surface area (Å²) in [6.07, 6.45) is -1.57. The van der Waals surface area contributed by atoms with Gasteiger partial charge in [-0.1, -0.05) is 31.9 Å². The van der Waals surface area contributed by atoms with Crippen LogP contribution in [-0.2, 0) is 0 Å². The molecular formula is C2H3Br2NO3. The second kappa shape index (κ2) is 3.37. The lowest BCUT2D eigenvalue weighted by atomic mass is 10.7. The fourth-order valence-corrected chi connectivity index (χ4v) is 0.478. The maximum absolute atomic E-state index is 9.64. The highest BCUT2D eigenvalue weighted by Crippen LogP contribution is 2.12. The summed E-state index contributed by atoms with van der Waals surface area (Å²) < 4.78 is -0.676. The highest BCUT2D eigenvalue weighted by Gasteiger charge is 2.22. The Kier molecular flexibility index (Phi) is 3.50. The summed E-state index contributed by atoms with van der Waals surface area (Å²) in [6, 6.07) is 0. The van der Waals surface area contributed by atoms with Gasteiger partial charge in [0.25, 0.3) is 0 Å². The van der Waals surface area contributed by atoms with Gasteiger partial charge in [-0.3, -0.25) is 10.1 Å². The largest absolute Gasteiger partial charge is 0.335 e. The second-order valence-corrected chi connectivity index (χ2v) is 4.24. The highest BCUT2D eigenvalue weighted by molar-refractivity contribution is 9.24. The lowest BCUT2D eigenvalue weighted by Gasteiger charge is -2.00. The van der Waals surface area contributed by atoms with E-state index in [0.29, 0.717) is 0 Å². The number of nitro groups is 1. The maximum Gasteiger partial charge on any atom is 0.335 e. The summed E-state index contributed by atoms with van der Waals surface area (Å²) in [6.45, 7) is 0. The van der Waals surface area contributed by atoms with Crippen molar-refractivity contribution in [2.75, 3.05) is 0 Å². The van der Waals surface area contributed by atoms with Crippen LogP contribution in [0.4, 0.5) is 0 Å². The highest BCUT2D eigenvalue weighted by atomic mass is 79.9. The fourth-order valence-electron chi connectivity index (χ4n) is 0.0920. The Morgan fingerprint density at radius 1 is 1.62 bits per heavy atom. The van der Waals surface area contributed by atoms with Gasteiger partial charge in [-0.25, -0.2) is 0 Å². The summed E-state index contributed by atoms with van der Waals surface area (Å²) >= 11 is 5.53. The van der Waals surface area contributed by atoms with Gasteiger partial charge in [-0.15, -0.1) is 0 Å². The minimum Gasteiger partial charge on any atom is -0.331 e. The molecule has 0 saturated carbocycles. The molecule has 0 amide bonds. The van der Waals surface area contributed by atoms with Crippen LogP contribution in [0.5, 0.6) is 0 Å². The summed E-state index contributed by atoms with van der Waals surface area (Å²) in [4.78, 5) is 8.84. The Morgan fingerprint density at radius 2 is 2.00 bits per heavy atom. The lowest BCUT2D eigenvalue weighted by Crippen LogP contribution is -2.24. The van der Waals surface area contributed by atoms with Crippen molar-refractivity contribution in [3.63, 3.8) is 0 Å². The molecule has 0 bridgehead atoms. The van der Waals surface area contributed by atoms with Crippen LogP contribution in [0.15, 0.2) is 0 Å². The molecule has 0 aliphatic carbocycles. The van der Waals surface area contributed by atoms with Crippen LogP contribution in [0.3, 0.4) is 0 Å². The number of aliphatic hydroxyl groups is 1. The van der Waals surface area contributed by atoms with Crippen molar-refractivity contribution in [2.45, 2.75) is 9.96 Å². The molecule has 0 spiro atoms. The van der Waals surface area contributed by atoms with Crippen molar-refractivity contribution in [1.29, 1.82) is 0 Å². The third-order valence-corrected chi connectivity index (χ3v) is 1.39. The summed E-state index contributed by atoms with van der Waals surface area (Å²) in [7, 11) is 0. The molecule has 0 rings (SSSR count). The third kappa shape index (κ3) is 2.58. The zero-order chi connectivity index (χ0) is 6.73. The number of aliphatic hydroxyl groups excluding tert-OH is 1. The van der Waals surface area contributed by atoms with Crippen LogP contribution in [0, 0.1) is 10.1 Å². The number of hydrogen-bond donors (Lipinski definition) is 1. The molecule has 1 N–H and O–H groups in total. The smallest absolute Gasteiger partial charge is 0.331 e. The van der Waals surface area contributed by atoms with E-state index in [2.05, 4.69) is 31.9 Å². The lowest BCUT2D eigenvalue weighted by molar-refractivity contribution is -0.564. The minimum absolute atomic E-state index is 0.676. The van der Waals surface area contributed by atoms with Gasteiger partial charge in [0.05, 0.1) is 4.92 Å². The predicted molar refractivity (Wildman–Crippen MR) is 34.6 cm³/mol. The van der Waals surface area contributed by atoms with E-state index in [-0.39, 0.29) is 0 Å². The first-order valence-electron chi connectivity index (χ1n) is 1.65. The fraction of sp³-hybridized carbons (Fsp3) is 1.00. The monoisotopic (exact) mass is 247 g/mol. The van der Waals surface area contributed by atoms with Gasteiger partial charge < -0.3 is 5.11 Å². The number of halogens is 2. The van der Waals surface area contributed by atoms with Crippen LogP contribution in [0.2, 0.25) is 0 Å². The molecule has 0 radical (unpaired) electrons. The molecule has 0 aliphatic heterocycles. The topological polar surface area (TPSA) is 63.4 Å². The summed E-state index contributed by atoms with van der Waals surface area (Å²) in [5.41, 5.74) is 0. The molecule has 0 saturated heterocycles. The Balaban J connectivity index is 3.64. The van der Waals surface area contributed by atoms with E-state index in [0.717, 1.165) is 0 Å². The van der Waals surface area contributed by atoms with Gasteiger partial charge in [0.15, 0.2) is 3.74 Å². The normalized spacial score (nSPS) is 14.0. The van der Waals surface area contributed by atoms with Crippen molar-refractivity contribution in [3.05, 3.63) is 10.1 Å². The van der Waals surface area contributed by atoms with Crippen molar-refractivity contribution < 1.29 is 10.0 Å². The van der Waals surface area contributed by atoms with Gasteiger partial charge in [0, 0.05) is 0 Å². The molecule has 6 heteroatoms.